The first-order valence-electron chi connectivity index (χ1n) is 10.8. The van der Waals surface area contributed by atoms with Crippen LogP contribution in [0.3, 0.4) is 0 Å². The average molecular weight is 423 g/mol. The fourth-order valence-corrected chi connectivity index (χ4v) is 5.07. The van der Waals surface area contributed by atoms with Gasteiger partial charge in [-0.15, -0.1) is 11.8 Å². The van der Waals surface area contributed by atoms with Crippen LogP contribution in [0, 0.1) is 11.8 Å². The van der Waals surface area contributed by atoms with E-state index in [-0.39, 0.29) is 5.91 Å². The van der Waals surface area contributed by atoms with Crippen molar-refractivity contribution in [3.05, 3.63) is 66.6 Å². The van der Waals surface area contributed by atoms with Gasteiger partial charge in [-0.1, -0.05) is 44.9 Å². The van der Waals surface area contributed by atoms with Crippen molar-refractivity contribution in [2.45, 2.75) is 44.9 Å². The summed E-state index contributed by atoms with van der Waals surface area (Å²) in [6.07, 6.45) is 9.56. The topological polar surface area (TPSA) is 51.9 Å². The second-order valence-corrected chi connectivity index (χ2v) is 9.25. The average Bonchev–Trinajstić information content (AvgIpc) is 3.42. The highest BCUT2D eigenvalue weighted by atomic mass is 32.2. The molecule has 0 radical (unpaired) electrons. The predicted molar refractivity (Wildman–Crippen MR) is 123 cm³/mol. The van der Waals surface area contributed by atoms with Crippen molar-refractivity contribution in [2.24, 2.45) is 11.8 Å². The van der Waals surface area contributed by atoms with Gasteiger partial charge >= 0.3 is 0 Å². The zero-order chi connectivity index (χ0) is 20.9. The van der Waals surface area contributed by atoms with Gasteiger partial charge in [0.05, 0.1) is 17.6 Å². The number of carbonyl (C=O) groups excluding carboxylic acids is 1. The Balaban J connectivity index is 1.41. The third-order valence-corrected chi connectivity index (χ3v) is 7.19. The van der Waals surface area contributed by atoms with E-state index in [4.69, 9.17) is 0 Å². The first-order valence-corrected chi connectivity index (χ1v) is 11.9. The van der Waals surface area contributed by atoms with E-state index >= 15 is 0 Å². The largest absolute Gasteiger partial charge is 0.352 e. The molecular weight excluding hydrogens is 392 g/mol. The zero-order valence-corrected chi connectivity index (χ0v) is 18.5. The van der Waals surface area contributed by atoms with E-state index in [9.17, 15) is 4.79 Å². The Morgan fingerprint density at radius 1 is 1.13 bits per heavy atom. The summed E-state index contributed by atoms with van der Waals surface area (Å²) in [4.78, 5) is 12.5. The number of rotatable bonds is 7. The molecule has 0 aliphatic heterocycles. The van der Waals surface area contributed by atoms with Crippen LogP contribution in [0.25, 0.3) is 11.5 Å². The van der Waals surface area contributed by atoms with E-state index in [1.807, 2.05) is 53.6 Å². The number of aromatic nitrogens is 3. The summed E-state index contributed by atoms with van der Waals surface area (Å²) in [7, 11) is 0. The number of hydrogen-bond acceptors (Lipinski definition) is 3. The Hall–Kier alpha value is -2.47. The van der Waals surface area contributed by atoms with Gasteiger partial charge in [0.2, 0.25) is 5.91 Å². The summed E-state index contributed by atoms with van der Waals surface area (Å²) < 4.78 is 4.04. The molecule has 1 N–H and O–H groups in total. The quantitative estimate of drug-likeness (QED) is 0.593. The smallest absolute Gasteiger partial charge is 0.230 e. The van der Waals surface area contributed by atoms with E-state index in [0.29, 0.717) is 23.6 Å². The van der Waals surface area contributed by atoms with E-state index < -0.39 is 0 Å². The Bertz CT molecular complexity index is 951. The van der Waals surface area contributed by atoms with Gasteiger partial charge in [0.1, 0.15) is 5.82 Å². The first kappa shape index (κ1) is 20.8. The van der Waals surface area contributed by atoms with Gasteiger partial charge in [0.25, 0.3) is 0 Å². The number of nitrogens with one attached hydrogen (secondary N) is 1. The molecule has 30 heavy (non-hydrogen) atoms. The van der Waals surface area contributed by atoms with Crippen molar-refractivity contribution in [3.8, 4) is 11.5 Å². The second-order valence-electron chi connectivity index (χ2n) is 8.27. The predicted octanol–water partition coefficient (Wildman–Crippen LogP) is 4.84. The van der Waals surface area contributed by atoms with Crippen LogP contribution in [0.4, 0.5) is 0 Å². The van der Waals surface area contributed by atoms with Crippen LogP contribution in [-0.4, -0.2) is 32.0 Å². The SMILES string of the molecule is C[C@H]1[C@H](C)CCC[C@@H]1NC(=O)CSCc1cnn(-c2ccccc2)c1-n1cccc1. The van der Waals surface area contributed by atoms with Crippen molar-refractivity contribution >= 4 is 17.7 Å². The molecule has 4 rings (SSSR count). The van der Waals surface area contributed by atoms with Gasteiger partial charge in [-0.25, -0.2) is 4.68 Å². The molecule has 6 heteroatoms. The van der Waals surface area contributed by atoms with Gasteiger partial charge < -0.3 is 9.88 Å². The highest BCUT2D eigenvalue weighted by Gasteiger charge is 2.28. The number of carbonyl (C=O) groups is 1. The molecule has 1 fully saturated rings. The molecule has 0 bridgehead atoms. The lowest BCUT2D eigenvalue weighted by atomic mass is 9.78. The van der Waals surface area contributed by atoms with Crippen LogP contribution in [-0.2, 0) is 10.5 Å². The van der Waals surface area contributed by atoms with Crippen LogP contribution < -0.4 is 5.32 Å². The Morgan fingerprint density at radius 3 is 2.67 bits per heavy atom. The maximum atomic E-state index is 12.5. The molecule has 2 aromatic heterocycles. The summed E-state index contributed by atoms with van der Waals surface area (Å²) in [5, 5.41) is 7.91. The standard InChI is InChI=1S/C24H30N4OS/c1-18-9-8-12-22(19(18)2)26-23(29)17-30-16-20-15-25-28(21-10-4-3-5-11-21)24(20)27-13-6-7-14-27/h3-7,10-11,13-15,18-19,22H,8-9,12,16-17H2,1-2H3,(H,26,29)/t18-,19+,22+/m1/s1. The molecule has 1 amide bonds. The van der Waals surface area contributed by atoms with Crippen LogP contribution in [0.1, 0.15) is 38.7 Å². The minimum absolute atomic E-state index is 0.143. The second kappa shape index (κ2) is 9.56. The summed E-state index contributed by atoms with van der Waals surface area (Å²) in [6.45, 7) is 4.56. The Morgan fingerprint density at radius 2 is 1.90 bits per heavy atom. The van der Waals surface area contributed by atoms with E-state index in [2.05, 4.69) is 41.0 Å². The zero-order valence-electron chi connectivity index (χ0n) is 17.7. The van der Waals surface area contributed by atoms with Crippen LogP contribution in [0.2, 0.25) is 0 Å². The molecule has 2 heterocycles. The number of hydrogen-bond donors (Lipinski definition) is 1. The minimum atomic E-state index is 0.143. The Labute approximate surface area is 182 Å². The lowest BCUT2D eigenvalue weighted by Crippen LogP contribution is -2.44. The Kier molecular flexibility index (Phi) is 6.62. The maximum Gasteiger partial charge on any atom is 0.230 e. The molecule has 0 spiro atoms. The highest BCUT2D eigenvalue weighted by Crippen LogP contribution is 2.29. The van der Waals surface area contributed by atoms with Gasteiger partial charge in [0.15, 0.2) is 0 Å². The van der Waals surface area contributed by atoms with Gasteiger partial charge in [-0.05, 0) is 42.5 Å². The van der Waals surface area contributed by atoms with Crippen LogP contribution >= 0.6 is 11.8 Å². The number of amides is 1. The molecule has 5 nitrogen and oxygen atoms in total. The van der Waals surface area contributed by atoms with Crippen LogP contribution in [0.15, 0.2) is 61.1 Å². The van der Waals surface area contributed by atoms with Crippen molar-refractivity contribution in [1.29, 1.82) is 0 Å². The van der Waals surface area contributed by atoms with E-state index in [1.165, 1.54) is 12.8 Å². The first-order chi connectivity index (χ1) is 14.6. The third-order valence-electron chi connectivity index (χ3n) is 6.21. The molecule has 1 aliphatic carbocycles. The number of nitrogens with zero attached hydrogens (tertiary/aromatic N) is 3. The molecule has 158 valence electrons. The molecule has 3 atom stereocenters. The molecule has 3 aromatic rings. The molecule has 0 saturated heterocycles. The van der Waals surface area contributed by atoms with Crippen molar-refractivity contribution in [1.82, 2.24) is 19.7 Å². The molecule has 1 saturated carbocycles. The summed E-state index contributed by atoms with van der Waals surface area (Å²) in [5.41, 5.74) is 2.14. The fourth-order valence-electron chi connectivity index (χ4n) is 4.27. The molecule has 1 aliphatic rings. The lowest BCUT2D eigenvalue weighted by Gasteiger charge is -2.34. The van der Waals surface area contributed by atoms with E-state index in [1.54, 1.807) is 11.8 Å². The normalized spacial score (nSPS) is 21.5. The number of benzene rings is 1. The monoisotopic (exact) mass is 422 g/mol. The van der Waals surface area contributed by atoms with Crippen molar-refractivity contribution in [2.75, 3.05) is 5.75 Å². The summed E-state index contributed by atoms with van der Waals surface area (Å²) >= 11 is 1.65. The van der Waals surface area contributed by atoms with Gasteiger partial charge in [-0.2, -0.15) is 5.10 Å². The minimum Gasteiger partial charge on any atom is -0.352 e. The van der Waals surface area contributed by atoms with Crippen LogP contribution in [0.5, 0.6) is 0 Å². The fraction of sp³-hybridized carbons (Fsp3) is 0.417. The lowest BCUT2D eigenvalue weighted by molar-refractivity contribution is -0.119. The molecular formula is C24H30N4OS. The van der Waals surface area contributed by atoms with Gasteiger partial charge in [0, 0.05) is 29.8 Å². The number of thioether (sulfide) groups is 1. The highest BCUT2D eigenvalue weighted by molar-refractivity contribution is 7.99. The van der Waals surface area contributed by atoms with Crippen molar-refractivity contribution < 1.29 is 4.79 Å². The molecule has 1 aromatic carbocycles. The maximum absolute atomic E-state index is 12.5. The summed E-state index contributed by atoms with van der Waals surface area (Å²) in [5.74, 6) is 3.61. The van der Waals surface area contributed by atoms with Crippen molar-refractivity contribution in [3.63, 3.8) is 0 Å². The number of para-hydroxylation sites is 1. The van der Waals surface area contributed by atoms with Gasteiger partial charge in [-0.3, -0.25) is 4.79 Å². The molecule has 0 unspecified atom stereocenters. The third kappa shape index (κ3) is 4.64. The summed E-state index contributed by atoms with van der Waals surface area (Å²) in [6, 6.07) is 14.5. The van der Waals surface area contributed by atoms with E-state index in [0.717, 1.165) is 29.2 Å².